The van der Waals surface area contributed by atoms with Gasteiger partial charge in [-0.1, -0.05) is 19.1 Å². The van der Waals surface area contributed by atoms with E-state index in [1.807, 2.05) is 36.1 Å². The van der Waals surface area contributed by atoms with Crippen LogP contribution in [0.2, 0.25) is 0 Å². The first kappa shape index (κ1) is 14.9. The average Bonchev–Trinajstić information content (AvgIpc) is 2.45. The van der Waals surface area contributed by atoms with E-state index >= 15 is 0 Å². The van der Waals surface area contributed by atoms with Crippen LogP contribution >= 0.6 is 0 Å². The molecule has 20 heavy (non-hydrogen) atoms. The molecule has 4 heteroatoms. The van der Waals surface area contributed by atoms with E-state index in [-0.39, 0.29) is 6.03 Å². The highest BCUT2D eigenvalue weighted by molar-refractivity contribution is 5.89. The Hall–Kier alpha value is -1.55. The number of nitrogens with zero attached hydrogens (tertiary/aromatic N) is 1. The van der Waals surface area contributed by atoms with Crippen LogP contribution in [0.1, 0.15) is 25.3 Å². The van der Waals surface area contributed by atoms with Crippen LogP contribution in [0.5, 0.6) is 0 Å². The zero-order valence-electron chi connectivity index (χ0n) is 12.5. The first-order chi connectivity index (χ1) is 9.69. The van der Waals surface area contributed by atoms with E-state index in [1.54, 1.807) is 0 Å². The van der Waals surface area contributed by atoms with Crippen molar-refractivity contribution in [1.82, 2.24) is 10.2 Å². The Bertz CT molecular complexity index is 439. The summed E-state index contributed by atoms with van der Waals surface area (Å²) in [5.41, 5.74) is 2.04. The summed E-state index contributed by atoms with van der Waals surface area (Å²) in [6.45, 7) is 7.96. The van der Waals surface area contributed by atoms with Gasteiger partial charge in [-0.2, -0.15) is 0 Å². The second-order valence-corrected chi connectivity index (χ2v) is 5.54. The molecular weight excluding hydrogens is 250 g/mol. The van der Waals surface area contributed by atoms with Gasteiger partial charge in [-0.3, -0.25) is 0 Å². The number of likely N-dealkylation sites (tertiary alicyclic amines) is 1. The summed E-state index contributed by atoms with van der Waals surface area (Å²) in [7, 11) is 0. The maximum absolute atomic E-state index is 12.2. The van der Waals surface area contributed by atoms with Crippen LogP contribution in [-0.2, 0) is 0 Å². The minimum atomic E-state index is 0.0255. The molecular formula is C16H25N3O. The minimum Gasteiger partial charge on any atom is -0.325 e. The molecule has 0 spiro atoms. The van der Waals surface area contributed by atoms with Crippen molar-refractivity contribution in [2.24, 2.45) is 5.92 Å². The van der Waals surface area contributed by atoms with Crippen LogP contribution < -0.4 is 10.6 Å². The standard InChI is InChI=1S/C16H25N3O/c1-3-17-12-14-7-9-19(10-8-14)16(20)18-15-6-4-5-13(2)11-15/h4-6,11,14,17H,3,7-10,12H2,1-2H3,(H,18,20). The van der Waals surface area contributed by atoms with Crippen molar-refractivity contribution in [2.45, 2.75) is 26.7 Å². The number of hydrogen-bond donors (Lipinski definition) is 2. The van der Waals surface area contributed by atoms with Crippen LogP contribution in [0.25, 0.3) is 0 Å². The van der Waals surface area contributed by atoms with Gasteiger partial charge in [0.2, 0.25) is 0 Å². The third kappa shape index (κ3) is 4.23. The zero-order chi connectivity index (χ0) is 14.4. The van der Waals surface area contributed by atoms with Crippen LogP contribution in [0.4, 0.5) is 10.5 Å². The molecule has 2 N–H and O–H groups in total. The Morgan fingerprint density at radius 3 is 2.75 bits per heavy atom. The van der Waals surface area contributed by atoms with Gasteiger partial charge in [0.05, 0.1) is 0 Å². The molecule has 1 aliphatic rings. The van der Waals surface area contributed by atoms with Gasteiger partial charge in [-0.05, 0) is 56.5 Å². The summed E-state index contributed by atoms with van der Waals surface area (Å²) >= 11 is 0. The van der Waals surface area contributed by atoms with Crippen molar-refractivity contribution in [3.05, 3.63) is 29.8 Å². The number of carbonyl (C=O) groups is 1. The molecule has 1 heterocycles. The smallest absolute Gasteiger partial charge is 0.321 e. The van der Waals surface area contributed by atoms with Crippen LogP contribution in [-0.4, -0.2) is 37.1 Å². The van der Waals surface area contributed by atoms with Gasteiger partial charge in [0.25, 0.3) is 0 Å². The normalized spacial score (nSPS) is 16.2. The molecule has 0 aliphatic carbocycles. The van der Waals surface area contributed by atoms with Gasteiger partial charge >= 0.3 is 6.03 Å². The molecule has 0 atom stereocenters. The summed E-state index contributed by atoms with van der Waals surface area (Å²) in [4.78, 5) is 14.1. The molecule has 1 fully saturated rings. The molecule has 1 aromatic rings. The second kappa shape index (κ2) is 7.29. The monoisotopic (exact) mass is 275 g/mol. The highest BCUT2D eigenvalue weighted by Crippen LogP contribution is 2.18. The summed E-state index contributed by atoms with van der Waals surface area (Å²) in [6.07, 6.45) is 2.18. The second-order valence-electron chi connectivity index (χ2n) is 5.54. The fraction of sp³-hybridized carbons (Fsp3) is 0.562. The van der Waals surface area contributed by atoms with E-state index in [1.165, 1.54) is 0 Å². The fourth-order valence-electron chi connectivity index (χ4n) is 2.61. The molecule has 1 saturated heterocycles. The number of hydrogen-bond acceptors (Lipinski definition) is 2. The quantitative estimate of drug-likeness (QED) is 0.887. The maximum Gasteiger partial charge on any atom is 0.321 e. The summed E-state index contributed by atoms with van der Waals surface area (Å²) in [6, 6.07) is 7.95. The summed E-state index contributed by atoms with van der Waals surface area (Å²) in [5, 5.41) is 6.37. The van der Waals surface area contributed by atoms with Crippen molar-refractivity contribution >= 4 is 11.7 Å². The van der Waals surface area contributed by atoms with Gasteiger partial charge in [0.15, 0.2) is 0 Å². The molecule has 2 rings (SSSR count). The van der Waals surface area contributed by atoms with Crippen LogP contribution in [0.15, 0.2) is 24.3 Å². The van der Waals surface area contributed by atoms with E-state index in [0.717, 1.165) is 50.3 Å². The number of nitrogens with one attached hydrogen (secondary N) is 2. The molecule has 1 aromatic carbocycles. The van der Waals surface area contributed by atoms with Crippen molar-refractivity contribution in [3.63, 3.8) is 0 Å². The molecule has 1 aliphatic heterocycles. The van der Waals surface area contributed by atoms with Gasteiger partial charge in [-0.15, -0.1) is 0 Å². The number of piperidine rings is 1. The number of aryl methyl sites for hydroxylation is 1. The lowest BCUT2D eigenvalue weighted by Gasteiger charge is -2.32. The topological polar surface area (TPSA) is 44.4 Å². The number of urea groups is 1. The number of amides is 2. The SMILES string of the molecule is CCNCC1CCN(C(=O)Nc2cccc(C)c2)CC1. The summed E-state index contributed by atoms with van der Waals surface area (Å²) < 4.78 is 0. The van der Waals surface area contributed by atoms with E-state index in [4.69, 9.17) is 0 Å². The lowest BCUT2D eigenvalue weighted by atomic mass is 9.97. The number of carbonyl (C=O) groups excluding carboxylic acids is 1. The number of anilines is 1. The maximum atomic E-state index is 12.2. The molecule has 0 saturated carbocycles. The average molecular weight is 275 g/mol. The van der Waals surface area contributed by atoms with Gasteiger partial charge in [0.1, 0.15) is 0 Å². The largest absolute Gasteiger partial charge is 0.325 e. The van der Waals surface area contributed by atoms with E-state index < -0.39 is 0 Å². The lowest BCUT2D eigenvalue weighted by Crippen LogP contribution is -2.42. The highest BCUT2D eigenvalue weighted by atomic mass is 16.2. The Kier molecular flexibility index (Phi) is 5.41. The van der Waals surface area contributed by atoms with Crippen molar-refractivity contribution in [1.29, 1.82) is 0 Å². The van der Waals surface area contributed by atoms with Crippen molar-refractivity contribution in [3.8, 4) is 0 Å². The first-order valence-electron chi connectivity index (χ1n) is 7.52. The van der Waals surface area contributed by atoms with Gasteiger partial charge in [-0.25, -0.2) is 4.79 Å². The minimum absolute atomic E-state index is 0.0255. The zero-order valence-corrected chi connectivity index (χ0v) is 12.5. The number of benzene rings is 1. The van der Waals surface area contributed by atoms with E-state index in [9.17, 15) is 4.79 Å². The van der Waals surface area contributed by atoms with E-state index in [0.29, 0.717) is 5.92 Å². The Morgan fingerprint density at radius 2 is 2.10 bits per heavy atom. The lowest BCUT2D eigenvalue weighted by molar-refractivity contribution is 0.182. The first-order valence-corrected chi connectivity index (χ1v) is 7.52. The molecule has 0 aromatic heterocycles. The third-order valence-corrected chi connectivity index (χ3v) is 3.85. The highest BCUT2D eigenvalue weighted by Gasteiger charge is 2.22. The number of rotatable bonds is 4. The molecule has 2 amide bonds. The van der Waals surface area contributed by atoms with Gasteiger partial charge in [0, 0.05) is 18.8 Å². The van der Waals surface area contributed by atoms with Crippen molar-refractivity contribution in [2.75, 3.05) is 31.5 Å². The Morgan fingerprint density at radius 1 is 1.35 bits per heavy atom. The van der Waals surface area contributed by atoms with Crippen molar-refractivity contribution < 1.29 is 4.79 Å². The van der Waals surface area contributed by atoms with E-state index in [2.05, 4.69) is 17.6 Å². The van der Waals surface area contributed by atoms with Gasteiger partial charge < -0.3 is 15.5 Å². The van der Waals surface area contributed by atoms with Crippen LogP contribution in [0.3, 0.4) is 0 Å². The Labute approximate surface area is 121 Å². The molecule has 0 radical (unpaired) electrons. The van der Waals surface area contributed by atoms with Crippen LogP contribution in [0, 0.1) is 12.8 Å². The predicted octanol–water partition coefficient (Wildman–Crippen LogP) is 2.85. The molecule has 4 nitrogen and oxygen atoms in total. The predicted molar refractivity (Wildman–Crippen MR) is 83.0 cm³/mol. The Balaban J connectivity index is 1.80. The molecule has 0 bridgehead atoms. The molecule has 0 unspecified atom stereocenters. The third-order valence-electron chi connectivity index (χ3n) is 3.85. The summed E-state index contributed by atoms with van der Waals surface area (Å²) in [5.74, 6) is 0.706. The fourth-order valence-corrected chi connectivity index (χ4v) is 2.61. The molecule has 110 valence electrons.